The number of hydrogen-bond acceptors (Lipinski definition) is 3. The third kappa shape index (κ3) is 4.03. The molecule has 0 unspecified atom stereocenters. The minimum absolute atomic E-state index is 0.875. The summed E-state index contributed by atoms with van der Waals surface area (Å²) in [7, 11) is 3.81. The number of ether oxygens (including phenoxy) is 1. The Kier molecular flexibility index (Phi) is 5.63. The maximum atomic E-state index is 5.27. The molecule has 1 aromatic heterocycles. The lowest BCUT2D eigenvalue weighted by Gasteiger charge is -2.23. The average molecular weight is 402 g/mol. The van der Waals surface area contributed by atoms with E-state index in [9.17, 15) is 0 Å². The zero-order valence-electron chi connectivity index (χ0n) is 17.0. The highest BCUT2D eigenvalue weighted by atomic mass is 32.1. The van der Waals surface area contributed by atoms with Crippen LogP contribution in [0.5, 0.6) is 5.75 Å². The molecule has 0 radical (unpaired) electrons. The number of thiazole rings is 1. The van der Waals surface area contributed by atoms with Gasteiger partial charge in [-0.25, -0.2) is 0 Å². The molecule has 146 valence electrons. The first-order valence-electron chi connectivity index (χ1n) is 9.77. The summed E-state index contributed by atoms with van der Waals surface area (Å²) >= 11 is 1.81. The number of anilines is 2. The molecule has 0 N–H and O–H groups in total. The zero-order chi connectivity index (χ0) is 20.2. The number of hydrogen-bond donors (Lipinski definition) is 0. The fraction of sp³-hybridized carbons (Fsp3) is 0.160. The van der Waals surface area contributed by atoms with Crippen LogP contribution in [-0.4, -0.2) is 13.7 Å². The van der Waals surface area contributed by atoms with Crippen molar-refractivity contribution in [3.63, 3.8) is 0 Å². The number of nitrogens with zero attached hydrogens (tertiary/aromatic N) is 2. The molecule has 0 aliphatic heterocycles. The maximum Gasteiger partial charge on any atom is 0.262 e. The van der Waals surface area contributed by atoms with Gasteiger partial charge in [0, 0.05) is 30.1 Å². The van der Waals surface area contributed by atoms with E-state index in [1.54, 1.807) is 7.11 Å². The van der Waals surface area contributed by atoms with Gasteiger partial charge >= 0.3 is 0 Å². The second-order valence-corrected chi connectivity index (χ2v) is 7.90. The van der Waals surface area contributed by atoms with Crippen molar-refractivity contribution in [2.75, 3.05) is 18.6 Å². The highest BCUT2D eigenvalue weighted by Gasteiger charge is 2.13. The molecule has 3 nitrogen and oxygen atoms in total. The van der Waals surface area contributed by atoms with Gasteiger partial charge in [0.05, 0.1) is 7.11 Å². The van der Waals surface area contributed by atoms with Crippen LogP contribution in [0.4, 0.5) is 11.4 Å². The monoisotopic (exact) mass is 401 g/mol. The van der Waals surface area contributed by atoms with Crippen molar-refractivity contribution < 1.29 is 9.30 Å². The summed E-state index contributed by atoms with van der Waals surface area (Å²) in [5.41, 5.74) is 4.80. The number of methoxy groups -OCH3 is 1. The van der Waals surface area contributed by atoms with E-state index < -0.39 is 0 Å². The van der Waals surface area contributed by atoms with Crippen molar-refractivity contribution in [1.82, 2.24) is 0 Å². The minimum Gasteiger partial charge on any atom is -0.497 e. The van der Waals surface area contributed by atoms with E-state index in [2.05, 4.69) is 96.3 Å². The van der Waals surface area contributed by atoms with E-state index in [0.29, 0.717) is 0 Å². The van der Waals surface area contributed by atoms with Crippen LogP contribution in [0.15, 0.2) is 72.8 Å². The molecule has 29 heavy (non-hydrogen) atoms. The first kappa shape index (κ1) is 19.2. The molecule has 0 saturated heterocycles. The number of para-hydroxylation sites is 1. The number of rotatable bonds is 6. The van der Waals surface area contributed by atoms with Crippen LogP contribution >= 0.6 is 11.3 Å². The van der Waals surface area contributed by atoms with Gasteiger partial charge in [-0.1, -0.05) is 35.6 Å². The number of fused-ring (bicyclic) bond motifs is 1. The fourth-order valence-electron chi connectivity index (χ4n) is 3.48. The Labute approximate surface area is 176 Å². The van der Waals surface area contributed by atoms with Crippen LogP contribution in [0.3, 0.4) is 0 Å². The standard InChI is InChI=1S/C25H25N2OS/c1-4-27(21-14-16-22(28-3)17-15-21)20-12-9-19(10-13-20)11-18-25-26(2)23-7-5-6-8-24(23)29-25/h5-18H,4H2,1-3H3/q+1. The highest BCUT2D eigenvalue weighted by molar-refractivity contribution is 7.18. The van der Waals surface area contributed by atoms with Gasteiger partial charge in [0.25, 0.3) is 5.01 Å². The van der Waals surface area contributed by atoms with Crippen molar-refractivity contribution >= 4 is 45.1 Å². The maximum absolute atomic E-state index is 5.27. The van der Waals surface area contributed by atoms with Crippen LogP contribution in [-0.2, 0) is 7.05 Å². The molecule has 0 bridgehead atoms. The third-order valence-corrected chi connectivity index (χ3v) is 6.28. The predicted molar refractivity (Wildman–Crippen MR) is 124 cm³/mol. The van der Waals surface area contributed by atoms with E-state index in [-0.39, 0.29) is 0 Å². The summed E-state index contributed by atoms with van der Waals surface area (Å²) in [5.74, 6) is 0.875. The summed E-state index contributed by atoms with van der Waals surface area (Å²) in [4.78, 5) is 2.29. The van der Waals surface area contributed by atoms with E-state index in [1.807, 2.05) is 23.5 Å². The lowest BCUT2D eigenvalue weighted by atomic mass is 10.1. The minimum atomic E-state index is 0.875. The Morgan fingerprint density at radius 2 is 1.55 bits per heavy atom. The zero-order valence-corrected chi connectivity index (χ0v) is 17.8. The van der Waals surface area contributed by atoms with Crippen LogP contribution in [0.1, 0.15) is 17.5 Å². The Bertz CT molecular complexity index is 1130. The molecule has 4 aromatic rings. The molecule has 0 saturated carbocycles. The third-order valence-electron chi connectivity index (χ3n) is 5.10. The molecule has 4 rings (SSSR count). The highest BCUT2D eigenvalue weighted by Crippen LogP contribution is 2.28. The van der Waals surface area contributed by atoms with Gasteiger partial charge in [0.1, 0.15) is 17.5 Å². The fourth-order valence-corrected chi connectivity index (χ4v) is 4.53. The molecular formula is C25H25N2OS+. The first-order chi connectivity index (χ1) is 14.2. The van der Waals surface area contributed by atoms with Crippen LogP contribution in [0, 0.1) is 0 Å². The number of benzene rings is 3. The summed E-state index contributed by atoms with van der Waals surface area (Å²) in [6.45, 7) is 3.07. The molecule has 0 spiro atoms. The van der Waals surface area contributed by atoms with Crippen molar-refractivity contribution in [3.8, 4) is 5.75 Å². The SMILES string of the molecule is CCN(c1ccc(/C=C/c2sc3ccccc3[n+]2C)cc1)c1ccc(OC)cc1. The van der Waals surface area contributed by atoms with Crippen molar-refractivity contribution in [3.05, 3.63) is 83.4 Å². The average Bonchev–Trinajstić information content (AvgIpc) is 3.10. The Morgan fingerprint density at radius 1 is 0.897 bits per heavy atom. The smallest absolute Gasteiger partial charge is 0.262 e. The van der Waals surface area contributed by atoms with Gasteiger partial charge in [0.15, 0.2) is 0 Å². The first-order valence-corrected chi connectivity index (χ1v) is 10.6. The lowest BCUT2D eigenvalue weighted by Crippen LogP contribution is -2.28. The number of aryl methyl sites for hydroxylation is 1. The van der Waals surface area contributed by atoms with Gasteiger partial charge in [-0.2, -0.15) is 4.57 Å². The largest absolute Gasteiger partial charge is 0.497 e. The van der Waals surface area contributed by atoms with E-state index >= 15 is 0 Å². The lowest BCUT2D eigenvalue weighted by molar-refractivity contribution is -0.642. The van der Waals surface area contributed by atoms with Crippen LogP contribution in [0.2, 0.25) is 0 Å². The van der Waals surface area contributed by atoms with E-state index in [1.165, 1.54) is 26.5 Å². The van der Waals surface area contributed by atoms with E-state index in [0.717, 1.165) is 18.0 Å². The van der Waals surface area contributed by atoms with Crippen molar-refractivity contribution in [2.45, 2.75) is 6.92 Å². The summed E-state index contributed by atoms with van der Waals surface area (Å²) in [5, 5.41) is 1.24. The van der Waals surface area contributed by atoms with Crippen molar-refractivity contribution in [1.29, 1.82) is 0 Å². The number of aromatic nitrogens is 1. The molecule has 0 aliphatic rings. The van der Waals surface area contributed by atoms with Crippen molar-refractivity contribution in [2.24, 2.45) is 7.05 Å². The Hall–Kier alpha value is -3.11. The topological polar surface area (TPSA) is 16.4 Å². The molecule has 0 atom stereocenters. The molecule has 0 aliphatic carbocycles. The second kappa shape index (κ2) is 8.50. The van der Waals surface area contributed by atoms with Gasteiger partial charge in [-0.3, -0.25) is 0 Å². The van der Waals surface area contributed by atoms with Gasteiger partial charge in [0.2, 0.25) is 5.52 Å². The van der Waals surface area contributed by atoms with Gasteiger partial charge < -0.3 is 9.64 Å². The normalized spacial score (nSPS) is 11.3. The molecule has 0 fully saturated rings. The van der Waals surface area contributed by atoms with E-state index in [4.69, 9.17) is 4.74 Å². The Morgan fingerprint density at radius 3 is 2.17 bits per heavy atom. The quantitative estimate of drug-likeness (QED) is 0.365. The second-order valence-electron chi connectivity index (χ2n) is 6.83. The summed E-state index contributed by atoms with van der Waals surface area (Å²) in [6, 6.07) is 25.4. The van der Waals surface area contributed by atoms with Gasteiger partial charge in [-0.05, 0) is 61.0 Å². The molecule has 1 heterocycles. The summed E-state index contributed by atoms with van der Waals surface area (Å²) in [6.07, 6.45) is 4.37. The summed E-state index contributed by atoms with van der Waals surface area (Å²) < 4.78 is 8.82. The van der Waals surface area contributed by atoms with Crippen LogP contribution in [0.25, 0.3) is 22.4 Å². The predicted octanol–water partition coefficient (Wildman–Crippen LogP) is 6.06. The molecular weight excluding hydrogens is 376 g/mol. The van der Waals surface area contributed by atoms with Crippen LogP contribution < -0.4 is 14.2 Å². The van der Waals surface area contributed by atoms with Gasteiger partial charge in [-0.15, -0.1) is 0 Å². The molecule has 4 heteroatoms. The molecule has 0 amide bonds. The Balaban J connectivity index is 1.54. The molecule has 3 aromatic carbocycles.